The average Bonchev–Trinajstić information content (AvgIpc) is 2.70. The molecule has 1 aliphatic rings. The SMILES string of the molecule is CCOC1([Si](C)(C)OC)CC1. The minimum Gasteiger partial charge on any atom is -0.418 e. The molecule has 2 nitrogen and oxygen atoms in total. The predicted molar refractivity (Wildman–Crippen MR) is 48.1 cm³/mol. The van der Waals surface area contributed by atoms with Crippen LogP contribution in [0.2, 0.25) is 13.1 Å². The quantitative estimate of drug-likeness (QED) is 0.606. The molecule has 66 valence electrons. The fourth-order valence-electron chi connectivity index (χ4n) is 1.50. The maximum atomic E-state index is 5.73. The summed E-state index contributed by atoms with van der Waals surface area (Å²) in [6.45, 7) is 7.34. The van der Waals surface area contributed by atoms with E-state index in [-0.39, 0.29) is 5.22 Å². The van der Waals surface area contributed by atoms with Gasteiger partial charge in [-0.2, -0.15) is 0 Å². The van der Waals surface area contributed by atoms with Crippen LogP contribution in [0.15, 0.2) is 0 Å². The van der Waals surface area contributed by atoms with E-state index in [0.29, 0.717) is 0 Å². The molecule has 0 aromatic heterocycles. The highest BCUT2D eigenvalue weighted by Crippen LogP contribution is 2.47. The van der Waals surface area contributed by atoms with Crippen LogP contribution < -0.4 is 0 Å². The minimum atomic E-state index is -1.54. The van der Waals surface area contributed by atoms with Crippen molar-refractivity contribution in [1.29, 1.82) is 0 Å². The molecule has 0 aromatic rings. The molecule has 1 rings (SSSR count). The first kappa shape index (κ1) is 9.23. The Hall–Kier alpha value is 0.137. The van der Waals surface area contributed by atoms with Crippen molar-refractivity contribution >= 4 is 8.32 Å². The Bertz CT molecular complexity index is 141. The van der Waals surface area contributed by atoms with Gasteiger partial charge in [-0.3, -0.25) is 0 Å². The molecule has 0 radical (unpaired) electrons. The first-order valence-electron chi connectivity index (χ1n) is 4.27. The van der Waals surface area contributed by atoms with E-state index < -0.39 is 8.32 Å². The smallest absolute Gasteiger partial charge is 0.217 e. The predicted octanol–water partition coefficient (Wildman–Crippen LogP) is 1.95. The second kappa shape index (κ2) is 2.88. The standard InChI is InChI=1S/C8H18O2Si/c1-5-10-8(6-7-8)11(3,4)9-2/h5-7H2,1-4H3. The maximum Gasteiger partial charge on any atom is 0.217 e. The first-order chi connectivity index (χ1) is 5.08. The van der Waals surface area contributed by atoms with Gasteiger partial charge < -0.3 is 9.16 Å². The molecular formula is C8H18O2Si. The molecular weight excluding hydrogens is 156 g/mol. The summed E-state index contributed by atoms with van der Waals surface area (Å²) in [4.78, 5) is 0. The van der Waals surface area contributed by atoms with Crippen molar-refractivity contribution in [2.45, 2.75) is 38.1 Å². The number of hydrogen-bond donors (Lipinski definition) is 0. The van der Waals surface area contributed by atoms with Crippen LogP contribution in [0.4, 0.5) is 0 Å². The Labute approximate surface area is 70.0 Å². The van der Waals surface area contributed by atoms with Gasteiger partial charge in [0, 0.05) is 13.7 Å². The van der Waals surface area contributed by atoms with E-state index in [1.165, 1.54) is 12.8 Å². The van der Waals surface area contributed by atoms with Gasteiger partial charge in [0.15, 0.2) is 0 Å². The summed E-state index contributed by atoms with van der Waals surface area (Å²) in [5, 5.41) is 0.163. The van der Waals surface area contributed by atoms with E-state index in [1.54, 1.807) is 0 Å². The van der Waals surface area contributed by atoms with Gasteiger partial charge in [-0.1, -0.05) is 0 Å². The molecule has 0 unspecified atom stereocenters. The lowest BCUT2D eigenvalue weighted by molar-refractivity contribution is 0.0786. The number of rotatable bonds is 4. The van der Waals surface area contributed by atoms with Gasteiger partial charge in [0.1, 0.15) is 0 Å². The fraction of sp³-hybridized carbons (Fsp3) is 1.00. The van der Waals surface area contributed by atoms with Crippen molar-refractivity contribution in [3.63, 3.8) is 0 Å². The van der Waals surface area contributed by atoms with E-state index in [1.807, 2.05) is 7.11 Å². The zero-order chi connectivity index (χ0) is 8.54. The molecule has 0 bridgehead atoms. The van der Waals surface area contributed by atoms with Crippen LogP contribution in [-0.2, 0) is 9.16 Å². The molecule has 3 heteroatoms. The van der Waals surface area contributed by atoms with Crippen molar-refractivity contribution in [2.75, 3.05) is 13.7 Å². The average molecular weight is 174 g/mol. The molecule has 0 saturated heterocycles. The number of ether oxygens (including phenoxy) is 1. The number of hydrogen-bond acceptors (Lipinski definition) is 2. The highest BCUT2D eigenvalue weighted by Gasteiger charge is 2.58. The Morgan fingerprint density at radius 3 is 2.18 bits per heavy atom. The summed E-state index contributed by atoms with van der Waals surface area (Å²) < 4.78 is 11.3. The van der Waals surface area contributed by atoms with E-state index in [0.717, 1.165) is 6.61 Å². The van der Waals surface area contributed by atoms with Crippen molar-refractivity contribution in [3.05, 3.63) is 0 Å². The Morgan fingerprint density at radius 2 is 1.91 bits per heavy atom. The van der Waals surface area contributed by atoms with E-state index in [4.69, 9.17) is 9.16 Å². The topological polar surface area (TPSA) is 18.5 Å². The summed E-state index contributed by atoms with van der Waals surface area (Å²) in [6, 6.07) is 0. The van der Waals surface area contributed by atoms with Crippen molar-refractivity contribution < 1.29 is 9.16 Å². The Balaban J connectivity index is 2.56. The Kier molecular flexibility index (Phi) is 2.42. The molecule has 1 fully saturated rings. The summed E-state index contributed by atoms with van der Waals surface area (Å²) >= 11 is 0. The highest BCUT2D eigenvalue weighted by molar-refractivity contribution is 6.75. The highest BCUT2D eigenvalue weighted by atomic mass is 28.4. The second-order valence-corrected chi connectivity index (χ2v) is 7.98. The molecule has 0 aromatic carbocycles. The molecule has 1 saturated carbocycles. The third-order valence-corrected chi connectivity index (χ3v) is 6.59. The first-order valence-corrected chi connectivity index (χ1v) is 7.18. The molecule has 0 spiro atoms. The lowest BCUT2D eigenvalue weighted by atomic mass is 10.7. The van der Waals surface area contributed by atoms with Crippen LogP contribution in [0, 0.1) is 0 Å². The van der Waals surface area contributed by atoms with Crippen LogP contribution in [0.1, 0.15) is 19.8 Å². The maximum absolute atomic E-state index is 5.73. The van der Waals surface area contributed by atoms with Gasteiger partial charge in [0.05, 0.1) is 5.22 Å². The van der Waals surface area contributed by atoms with Crippen LogP contribution in [0.5, 0.6) is 0 Å². The van der Waals surface area contributed by atoms with Crippen LogP contribution in [0.3, 0.4) is 0 Å². The van der Waals surface area contributed by atoms with Gasteiger partial charge in [-0.25, -0.2) is 0 Å². The molecule has 0 amide bonds. The zero-order valence-electron chi connectivity index (χ0n) is 7.94. The summed E-state index contributed by atoms with van der Waals surface area (Å²) in [6.07, 6.45) is 2.40. The van der Waals surface area contributed by atoms with E-state index in [9.17, 15) is 0 Å². The van der Waals surface area contributed by atoms with Gasteiger partial charge >= 0.3 is 0 Å². The van der Waals surface area contributed by atoms with Crippen molar-refractivity contribution in [2.24, 2.45) is 0 Å². The van der Waals surface area contributed by atoms with Gasteiger partial charge in [0.25, 0.3) is 0 Å². The van der Waals surface area contributed by atoms with Crippen LogP contribution in [-0.4, -0.2) is 27.3 Å². The third kappa shape index (κ3) is 1.50. The van der Waals surface area contributed by atoms with Crippen LogP contribution >= 0.6 is 0 Å². The summed E-state index contributed by atoms with van der Waals surface area (Å²) in [5.41, 5.74) is 0. The minimum absolute atomic E-state index is 0.163. The van der Waals surface area contributed by atoms with E-state index >= 15 is 0 Å². The fourth-order valence-corrected chi connectivity index (χ4v) is 3.69. The monoisotopic (exact) mass is 174 g/mol. The lowest BCUT2D eigenvalue weighted by Crippen LogP contribution is -2.47. The lowest BCUT2D eigenvalue weighted by Gasteiger charge is -2.30. The van der Waals surface area contributed by atoms with Gasteiger partial charge in [-0.05, 0) is 32.9 Å². The molecule has 0 heterocycles. The van der Waals surface area contributed by atoms with Crippen molar-refractivity contribution in [3.8, 4) is 0 Å². The normalized spacial score (nSPS) is 21.8. The molecule has 0 aliphatic heterocycles. The van der Waals surface area contributed by atoms with Gasteiger partial charge in [0.2, 0.25) is 8.32 Å². The van der Waals surface area contributed by atoms with Crippen molar-refractivity contribution in [1.82, 2.24) is 0 Å². The van der Waals surface area contributed by atoms with E-state index in [2.05, 4.69) is 20.0 Å². The Morgan fingerprint density at radius 1 is 1.36 bits per heavy atom. The van der Waals surface area contributed by atoms with Crippen LogP contribution in [0.25, 0.3) is 0 Å². The molecule has 0 atom stereocenters. The largest absolute Gasteiger partial charge is 0.418 e. The summed E-state index contributed by atoms with van der Waals surface area (Å²) in [7, 11) is 0.274. The molecule has 0 N–H and O–H groups in total. The third-order valence-electron chi connectivity index (χ3n) is 2.73. The summed E-state index contributed by atoms with van der Waals surface area (Å²) in [5.74, 6) is 0. The molecule has 11 heavy (non-hydrogen) atoms. The zero-order valence-corrected chi connectivity index (χ0v) is 8.94. The second-order valence-electron chi connectivity index (χ2n) is 3.64. The molecule has 1 aliphatic carbocycles. The van der Waals surface area contributed by atoms with Gasteiger partial charge in [-0.15, -0.1) is 0 Å².